The third-order valence-corrected chi connectivity index (χ3v) is 6.40. The van der Waals surface area contributed by atoms with Crippen LogP contribution in [0.3, 0.4) is 0 Å². The van der Waals surface area contributed by atoms with Gasteiger partial charge in [-0.1, -0.05) is 12.1 Å². The number of halogens is 3. The van der Waals surface area contributed by atoms with E-state index in [4.69, 9.17) is 0 Å². The summed E-state index contributed by atoms with van der Waals surface area (Å²) in [6.45, 7) is 4.28. The molecule has 2 saturated heterocycles. The third-order valence-electron chi connectivity index (χ3n) is 6.40. The Morgan fingerprint density at radius 3 is 2.39 bits per heavy atom. The van der Waals surface area contributed by atoms with Crippen molar-refractivity contribution in [2.45, 2.75) is 44.6 Å². The molecule has 3 heterocycles. The van der Waals surface area contributed by atoms with Crippen molar-refractivity contribution in [2.24, 2.45) is 0 Å². The summed E-state index contributed by atoms with van der Waals surface area (Å²) in [5, 5.41) is 0. The van der Waals surface area contributed by atoms with Crippen molar-refractivity contribution in [3.05, 3.63) is 64.1 Å². The number of benzene rings is 1. The molecule has 0 saturated carbocycles. The average Bonchev–Trinajstić information content (AvgIpc) is 3.20. The average molecular weight is 462 g/mol. The van der Waals surface area contributed by atoms with Crippen molar-refractivity contribution in [1.29, 1.82) is 0 Å². The lowest BCUT2D eigenvalue weighted by atomic mass is 9.89. The number of H-pyrrole nitrogens is 1. The monoisotopic (exact) mass is 462 g/mol. The zero-order valence-electron chi connectivity index (χ0n) is 18.4. The first-order chi connectivity index (χ1) is 15.5. The Bertz CT molecular complexity index is 1110. The number of pyridine rings is 1. The van der Waals surface area contributed by atoms with E-state index < -0.39 is 17.3 Å². The molecule has 0 bridgehead atoms. The number of aromatic amines is 1. The highest BCUT2D eigenvalue weighted by Crippen LogP contribution is 2.37. The van der Waals surface area contributed by atoms with Gasteiger partial charge in [-0.05, 0) is 44.0 Å². The smallest absolute Gasteiger partial charge is 0.368 e. The van der Waals surface area contributed by atoms with E-state index >= 15 is 0 Å². The molecule has 1 atom stereocenters. The maximum atomic E-state index is 13.7. The van der Waals surface area contributed by atoms with Gasteiger partial charge in [0.1, 0.15) is 12.1 Å². The molecule has 1 unspecified atom stereocenters. The van der Waals surface area contributed by atoms with E-state index in [0.29, 0.717) is 24.2 Å². The van der Waals surface area contributed by atoms with E-state index in [1.54, 1.807) is 11.0 Å². The number of rotatable bonds is 4. The van der Waals surface area contributed by atoms with E-state index in [-0.39, 0.29) is 43.0 Å². The molecule has 0 aliphatic carbocycles. The summed E-state index contributed by atoms with van der Waals surface area (Å²) in [5.74, 6) is -0.438. The summed E-state index contributed by atoms with van der Waals surface area (Å²) in [6, 6.07) is 7.63. The number of nitrogens with one attached hydrogen (secondary N) is 1. The van der Waals surface area contributed by atoms with Crippen LogP contribution in [0.25, 0.3) is 0 Å². The minimum Gasteiger partial charge on any atom is -0.368 e. The zero-order valence-corrected chi connectivity index (χ0v) is 18.4. The fraction of sp³-hybridized carbons (Fsp3) is 0.435. The molecule has 7 nitrogen and oxygen atoms in total. The van der Waals surface area contributed by atoms with Gasteiger partial charge in [-0.15, -0.1) is 0 Å². The lowest BCUT2D eigenvalue weighted by Gasteiger charge is -2.48. The number of amides is 2. The topological polar surface area (TPSA) is 76.7 Å². The summed E-state index contributed by atoms with van der Waals surface area (Å²) < 4.78 is 38.8. The molecule has 33 heavy (non-hydrogen) atoms. The Balaban J connectivity index is 1.68. The number of nitrogens with zero attached hydrogens (tertiary/aromatic N) is 3. The molecule has 1 aromatic heterocycles. The van der Waals surface area contributed by atoms with Crippen molar-refractivity contribution in [2.75, 3.05) is 24.5 Å². The van der Waals surface area contributed by atoms with E-state index in [9.17, 15) is 27.6 Å². The Morgan fingerprint density at radius 2 is 1.79 bits per heavy atom. The van der Waals surface area contributed by atoms with Gasteiger partial charge >= 0.3 is 6.18 Å². The minimum absolute atomic E-state index is 0.0257. The lowest BCUT2D eigenvalue weighted by molar-refractivity contribution is -0.166. The highest BCUT2D eigenvalue weighted by atomic mass is 19.4. The molecular formula is C23H25F3N4O3. The van der Waals surface area contributed by atoms with E-state index in [0.717, 1.165) is 12.1 Å². The van der Waals surface area contributed by atoms with Crippen molar-refractivity contribution >= 4 is 17.5 Å². The number of anilines is 1. The molecule has 2 aliphatic heterocycles. The minimum atomic E-state index is -4.45. The van der Waals surface area contributed by atoms with Crippen LogP contribution in [-0.2, 0) is 22.3 Å². The SMILES string of the molecule is CC(C)N1CC(=O)N(Cc2ccc(C(F)(F)F)cc2)C2(CCN(c3cc[nH]c(=O)c3)C2)C1=O. The Hall–Kier alpha value is -3.30. The molecule has 2 amide bonds. The van der Waals surface area contributed by atoms with Gasteiger partial charge in [-0.25, -0.2) is 0 Å². The summed E-state index contributed by atoms with van der Waals surface area (Å²) in [4.78, 5) is 46.2. The predicted octanol–water partition coefficient (Wildman–Crippen LogP) is 2.62. The summed E-state index contributed by atoms with van der Waals surface area (Å²) in [6.07, 6.45) is -2.57. The van der Waals surface area contributed by atoms with E-state index in [1.807, 2.05) is 18.7 Å². The number of hydrogen-bond donors (Lipinski definition) is 1. The molecule has 176 valence electrons. The number of hydrogen-bond acceptors (Lipinski definition) is 4. The molecule has 2 aromatic rings. The first-order valence-electron chi connectivity index (χ1n) is 10.7. The van der Waals surface area contributed by atoms with Crippen LogP contribution >= 0.6 is 0 Å². The highest BCUT2D eigenvalue weighted by Gasteiger charge is 2.56. The molecule has 1 spiro atoms. The van der Waals surface area contributed by atoms with Gasteiger partial charge in [-0.3, -0.25) is 14.4 Å². The van der Waals surface area contributed by atoms with Crippen LogP contribution in [0.2, 0.25) is 0 Å². The number of piperazine rings is 1. The Morgan fingerprint density at radius 1 is 1.09 bits per heavy atom. The summed E-state index contributed by atoms with van der Waals surface area (Å²) in [5.41, 5.74) is -1.05. The molecule has 10 heteroatoms. The maximum absolute atomic E-state index is 13.7. The van der Waals surface area contributed by atoms with Gasteiger partial charge in [0.15, 0.2) is 0 Å². The van der Waals surface area contributed by atoms with Crippen LogP contribution in [0.5, 0.6) is 0 Å². The van der Waals surface area contributed by atoms with Gasteiger partial charge in [0.2, 0.25) is 11.5 Å². The second-order valence-corrected chi connectivity index (χ2v) is 8.82. The van der Waals surface area contributed by atoms with E-state index in [2.05, 4.69) is 4.98 Å². The standard InChI is InChI=1S/C23H25F3N4O3/c1-15(2)29-13-20(32)30(12-16-3-5-17(6-4-16)23(24,25)26)22(21(29)33)8-10-28(14-22)18-7-9-27-19(31)11-18/h3-7,9,11,15H,8,10,12-14H2,1-2H3,(H,27,31). The van der Waals surface area contributed by atoms with E-state index in [1.165, 1.54) is 29.3 Å². The number of alkyl halides is 3. The molecular weight excluding hydrogens is 437 g/mol. The zero-order chi connectivity index (χ0) is 24.0. The summed E-state index contributed by atoms with van der Waals surface area (Å²) >= 11 is 0. The molecule has 1 aromatic carbocycles. The normalized spacial score (nSPS) is 21.6. The highest BCUT2D eigenvalue weighted by molar-refractivity contribution is 5.99. The van der Waals surface area contributed by atoms with Crippen molar-refractivity contribution < 1.29 is 22.8 Å². The number of carbonyl (C=O) groups is 2. The van der Waals surface area contributed by atoms with Gasteiger partial charge < -0.3 is 19.7 Å². The number of carbonyl (C=O) groups excluding carboxylic acids is 2. The van der Waals surface area contributed by atoms with Crippen LogP contribution in [0, 0.1) is 0 Å². The molecule has 0 radical (unpaired) electrons. The van der Waals surface area contributed by atoms with Gasteiger partial charge in [0, 0.05) is 37.1 Å². The first-order valence-corrected chi connectivity index (χ1v) is 10.7. The van der Waals surface area contributed by atoms with Crippen LogP contribution in [0.1, 0.15) is 31.4 Å². The number of aromatic nitrogens is 1. The Labute approximate surface area is 188 Å². The van der Waals surface area contributed by atoms with Crippen LogP contribution in [-0.4, -0.2) is 57.8 Å². The van der Waals surface area contributed by atoms with Crippen LogP contribution < -0.4 is 10.5 Å². The Kier molecular flexibility index (Phi) is 5.71. The molecule has 2 aliphatic rings. The molecule has 1 N–H and O–H groups in total. The quantitative estimate of drug-likeness (QED) is 0.758. The fourth-order valence-electron chi connectivity index (χ4n) is 4.60. The second-order valence-electron chi connectivity index (χ2n) is 8.82. The van der Waals surface area contributed by atoms with Crippen LogP contribution in [0.15, 0.2) is 47.4 Å². The summed E-state index contributed by atoms with van der Waals surface area (Å²) in [7, 11) is 0. The largest absolute Gasteiger partial charge is 0.416 e. The second kappa shape index (κ2) is 8.24. The van der Waals surface area contributed by atoms with Gasteiger partial charge in [0.25, 0.3) is 5.91 Å². The van der Waals surface area contributed by atoms with Crippen molar-refractivity contribution in [3.63, 3.8) is 0 Å². The van der Waals surface area contributed by atoms with Crippen molar-refractivity contribution in [3.8, 4) is 0 Å². The third kappa shape index (κ3) is 4.21. The van der Waals surface area contributed by atoms with Crippen LogP contribution in [0.4, 0.5) is 18.9 Å². The maximum Gasteiger partial charge on any atom is 0.416 e. The fourth-order valence-corrected chi connectivity index (χ4v) is 4.60. The molecule has 4 rings (SSSR count). The van der Waals surface area contributed by atoms with Gasteiger partial charge in [0.05, 0.1) is 12.1 Å². The molecule has 2 fully saturated rings. The lowest BCUT2D eigenvalue weighted by Crippen LogP contribution is -2.69. The predicted molar refractivity (Wildman–Crippen MR) is 115 cm³/mol. The van der Waals surface area contributed by atoms with Gasteiger partial charge in [-0.2, -0.15) is 13.2 Å². The first kappa shape index (κ1) is 22.9. The van der Waals surface area contributed by atoms with Crippen molar-refractivity contribution in [1.82, 2.24) is 14.8 Å².